The zero-order chi connectivity index (χ0) is 13.0. The van der Waals surface area contributed by atoms with E-state index >= 15 is 0 Å². The van der Waals surface area contributed by atoms with Crippen molar-refractivity contribution in [1.82, 2.24) is 4.90 Å². The van der Waals surface area contributed by atoms with Crippen molar-refractivity contribution in [2.45, 2.75) is 31.7 Å². The molecule has 1 heterocycles. The van der Waals surface area contributed by atoms with Crippen LogP contribution in [0.5, 0.6) is 0 Å². The minimum Gasteiger partial charge on any atom is -0.335 e. The minimum absolute atomic E-state index is 0.180. The summed E-state index contributed by atoms with van der Waals surface area (Å²) in [4.78, 5) is 14.6. The number of carbonyl (C=O) groups is 1. The van der Waals surface area contributed by atoms with E-state index in [0.29, 0.717) is 6.04 Å². The summed E-state index contributed by atoms with van der Waals surface area (Å²) in [6, 6.07) is 8.20. The van der Waals surface area contributed by atoms with Crippen LogP contribution in [0.25, 0.3) is 0 Å². The highest BCUT2D eigenvalue weighted by atomic mass is 127. The summed E-state index contributed by atoms with van der Waals surface area (Å²) in [5, 5.41) is 0.878. The number of carbonyl (C=O) groups excluding carboxylic acids is 1. The monoisotopic (exact) mass is 421 g/mol. The molecule has 1 saturated heterocycles. The summed E-state index contributed by atoms with van der Waals surface area (Å²) in [6.45, 7) is 0.889. The lowest BCUT2D eigenvalue weighted by Crippen LogP contribution is -2.41. The number of amides is 1. The number of halogens is 2. The number of benzene rings is 1. The maximum atomic E-state index is 12.6. The molecule has 1 unspecified atom stereocenters. The molecule has 18 heavy (non-hydrogen) atoms. The number of rotatable bonds is 2. The van der Waals surface area contributed by atoms with Crippen molar-refractivity contribution in [3.05, 3.63) is 33.4 Å². The van der Waals surface area contributed by atoms with Crippen molar-refractivity contribution in [3.63, 3.8) is 0 Å². The van der Waals surface area contributed by atoms with Crippen LogP contribution in [0.15, 0.2) is 24.3 Å². The summed E-state index contributed by atoms with van der Waals surface area (Å²) in [5.41, 5.74) is 0.815. The molecule has 98 valence electrons. The smallest absolute Gasteiger partial charge is 0.254 e. The lowest BCUT2D eigenvalue weighted by atomic mass is 10.1. The molecule has 1 aliphatic heterocycles. The third kappa shape index (κ3) is 3.47. The first-order valence-electron chi connectivity index (χ1n) is 6.35. The second-order valence-electron chi connectivity index (χ2n) is 4.67. The number of hydrogen-bond donors (Lipinski definition) is 0. The van der Waals surface area contributed by atoms with Crippen molar-refractivity contribution in [2.75, 3.05) is 11.9 Å². The third-order valence-electron chi connectivity index (χ3n) is 3.39. The van der Waals surface area contributed by atoms with Crippen LogP contribution in [0.1, 0.15) is 36.0 Å². The molecule has 2 rings (SSSR count). The normalized spacial score (nSPS) is 20.6. The Morgan fingerprint density at radius 2 is 2.22 bits per heavy atom. The molecule has 0 bridgehead atoms. The van der Waals surface area contributed by atoms with Crippen molar-refractivity contribution in [2.24, 2.45) is 0 Å². The van der Waals surface area contributed by atoms with Gasteiger partial charge in [0.25, 0.3) is 5.91 Å². The van der Waals surface area contributed by atoms with Crippen LogP contribution in [0.3, 0.4) is 0 Å². The van der Waals surface area contributed by atoms with Gasteiger partial charge < -0.3 is 4.90 Å². The molecule has 1 aliphatic rings. The molecular weight excluding hydrogens is 405 g/mol. The summed E-state index contributed by atoms with van der Waals surface area (Å²) in [7, 11) is 0. The lowest BCUT2D eigenvalue weighted by Gasteiger charge is -2.28. The maximum Gasteiger partial charge on any atom is 0.254 e. The first-order valence-corrected chi connectivity index (χ1v) is 8.55. The van der Waals surface area contributed by atoms with E-state index in [1.165, 1.54) is 12.8 Å². The average Bonchev–Trinajstić information content (AvgIpc) is 2.62. The van der Waals surface area contributed by atoms with Crippen molar-refractivity contribution < 1.29 is 4.79 Å². The maximum absolute atomic E-state index is 12.6. The quantitative estimate of drug-likeness (QED) is 0.520. The Balaban J connectivity index is 2.19. The van der Waals surface area contributed by atoms with E-state index in [9.17, 15) is 4.79 Å². The second kappa shape index (κ2) is 6.89. The summed E-state index contributed by atoms with van der Waals surface area (Å²) < 4.78 is 1.11. The van der Waals surface area contributed by atoms with Crippen LogP contribution in [-0.2, 0) is 0 Å². The fourth-order valence-corrected chi connectivity index (χ4v) is 3.61. The fraction of sp³-hybridized carbons (Fsp3) is 0.500. The second-order valence-corrected chi connectivity index (χ2v) is 6.56. The zero-order valence-electron chi connectivity index (χ0n) is 10.2. The average molecular weight is 422 g/mol. The molecule has 0 N–H and O–H groups in total. The van der Waals surface area contributed by atoms with E-state index in [1.807, 2.05) is 29.2 Å². The Labute approximate surface area is 130 Å². The van der Waals surface area contributed by atoms with Crippen LogP contribution in [0.4, 0.5) is 0 Å². The molecule has 0 saturated carbocycles. The van der Waals surface area contributed by atoms with Gasteiger partial charge >= 0.3 is 0 Å². The molecule has 1 amide bonds. The molecule has 1 aromatic rings. The molecule has 1 aromatic carbocycles. The molecule has 2 nitrogen and oxygen atoms in total. The van der Waals surface area contributed by atoms with Crippen LogP contribution in [0.2, 0.25) is 0 Å². The van der Waals surface area contributed by atoms with Gasteiger partial charge in [0.1, 0.15) is 0 Å². The minimum atomic E-state index is 0.180. The van der Waals surface area contributed by atoms with Crippen molar-refractivity contribution in [3.8, 4) is 0 Å². The number of likely N-dealkylation sites (tertiary alicyclic amines) is 1. The van der Waals surface area contributed by atoms with Crippen molar-refractivity contribution in [1.29, 1.82) is 0 Å². The zero-order valence-corrected chi connectivity index (χ0v) is 14.0. The van der Waals surface area contributed by atoms with E-state index in [2.05, 4.69) is 38.5 Å². The van der Waals surface area contributed by atoms with Gasteiger partial charge in [-0.3, -0.25) is 4.79 Å². The van der Waals surface area contributed by atoms with Gasteiger partial charge in [-0.15, -0.1) is 0 Å². The van der Waals surface area contributed by atoms with Gasteiger partial charge in [-0.25, -0.2) is 0 Å². The highest BCUT2D eigenvalue weighted by Gasteiger charge is 2.25. The molecule has 1 fully saturated rings. The molecule has 0 aliphatic carbocycles. The van der Waals surface area contributed by atoms with Gasteiger partial charge in [0.05, 0.1) is 0 Å². The summed E-state index contributed by atoms with van der Waals surface area (Å²) >= 11 is 5.80. The van der Waals surface area contributed by atoms with E-state index < -0.39 is 0 Å². The SMILES string of the molecule is O=C(c1cccc(I)c1)N1CCCCCC1CBr. The van der Waals surface area contributed by atoms with Crippen LogP contribution in [0, 0.1) is 3.57 Å². The number of alkyl halides is 1. The van der Waals surface area contributed by atoms with Gasteiger partial charge in [-0.1, -0.05) is 34.8 Å². The van der Waals surface area contributed by atoms with E-state index in [0.717, 1.165) is 33.9 Å². The Kier molecular flexibility index (Phi) is 5.48. The fourth-order valence-electron chi connectivity index (χ4n) is 2.39. The molecule has 0 aromatic heterocycles. The topological polar surface area (TPSA) is 20.3 Å². The predicted octanol–water partition coefficient (Wildman–Crippen LogP) is 4.07. The van der Waals surface area contributed by atoms with E-state index in [-0.39, 0.29) is 5.91 Å². The molecular formula is C14H17BrINO. The third-order valence-corrected chi connectivity index (χ3v) is 4.81. The standard InChI is InChI=1S/C14H17BrINO/c15-10-13-7-2-1-3-8-17(13)14(18)11-5-4-6-12(16)9-11/h4-6,9,13H,1-3,7-8,10H2. The first kappa shape index (κ1) is 14.3. The molecule has 0 spiro atoms. The Bertz CT molecular complexity index is 424. The number of hydrogen-bond acceptors (Lipinski definition) is 1. The van der Waals surface area contributed by atoms with Crippen molar-refractivity contribution >= 4 is 44.4 Å². The Hall–Kier alpha value is -0.100. The van der Waals surface area contributed by atoms with Gasteiger partial charge in [-0.2, -0.15) is 0 Å². The van der Waals surface area contributed by atoms with E-state index in [4.69, 9.17) is 0 Å². The Morgan fingerprint density at radius 3 is 2.94 bits per heavy atom. The van der Waals surface area contributed by atoms with Crippen LogP contribution in [-0.4, -0.2) is 28.7 Å². The molecule has 4 heteroatoms. The molecule has 1 atom stereocenters. The highest BCUT2D eigenvalue weighted by Crippen LogP contribution is 2.21. The van der Waals surface area contributed by atoms with E-state index in [1.54, 1.807) is 0 Å². The largest absolute Gasteiger partial charge is 0.335 e. The molecule has 0 radical (unpaired) electrons. The van der Waals surface area contributed by atoms with Crippen LogP contribution >= 0.6 is 38.5 Å². The van der Waals surface area contributed by atoms with Crippen LogP contribution < -0.4 is 0 Å². The summed E-state index contributed by atoms with van der Waals surface area (Å²) in [5.74, 6) is 0.180. The predicted molar refractivity (Wildman–Crippen MR) is 86.2 cm³/mol. The summed E-state index contributed by atoms with van der Waals surface area (Å²) in [6.07, 6.45) is 4.70. The highest BCUT2D eigenvalue weighted by molar-refractivity contribution is 14.1. The van der Waals surface area contributed by atoms with Gasteiger partial charge in [0.15, 0.2) is 0 Å². The number of nitrogens with zero attached hydrogens (tertiary/aromatic N) is 1. The first-order chi connectivity index (χ1) is 8.72. The van der Waals surface area contributed by atoms with Gasteiger partial charge in [0, 0.05) is 27.1 Å². The van der Waals surface area contributed by atoms with Gasteiger partial charge in [0.2, 0.25) is 0 Å². The van der Waals surface area contributed by atoms with Gasteiger partial charge in [-0.05, 0) is 53.6 Å². The Morgan fingerprint density at radius 1 is 1.39 bits per heavy atom. The lowest BCUT2D eigenvalue weighted by molar-refractivity contribution is 0.0702.